The summed E-state index contributed by atoms with van der Waals surface area (Å²) >= 11 is 0. The molecule has 36 heavy (non-hydrogen) atoms. The van der Waals surface area contributed by atoms with E-state index < -0.39 is 37.1 Å². The minimum atomic E-state index is -4.69. The quantitative estimate of drug-likeness (QED) is 0.241. The normalized spacial score (nSPS) is 13.1. The van der Waals surface area contributed by atoms with Gasteiger partial charge in [0.1, 0.15) is 0 Å². The minimum absolute atomic E-state index is 0.256. The first-order valence-electron chi connectivity index (χ1n) is 11.2. The van der Waals surface area contributed by atoms with Gasteiger partial charge in [0.05, 0.1) is 10.5 Å². The number of hydrogen-bond donors (Lipinski definition) is 0. The third-order valence-electron chi connectivity index (χ3n) is 5.67. The van der Waals surface area contributed by atoms with Crippen molar-refractivity contribution in [2.24, 2.45) is 0 Å². The van der Waals surface area contributed by atoms with E-state index in [-0.39, 0.29) is 5.92 Å². The Morgan fingerprint density at radius 2 is 1.11 bits per heavy atom. The van der Waals surface area contributed by atoms with Crippen molar-refractivity contribution in [3.05, 3.63) is 120 Å². The third kappa shape index (κ3) is 5.21. The van der Waals surface area contributed by atoms with E-state index in [4.69, 9.17) is 3.63 Å². The Bertz CT molecular complexity index is 1380. The van der Waals surface area contributed by atoms with Crippen LogP contribution in [0.5, 0.6) is 0 Å². The summed E-state index contributed by atoms with van der Waals surface area (Å²) < 4.78 is 73.5. The van der Waals surface area contributed by atoms with E-state index in [2.05, 4.69) is 13.8 Å². The van der Waals surface area contributed by atoms with Gasteiger partial charge in [-0.2, -0.15) is 21.6 Å². The average Bonchev–Trinajstić information content (AvgIpc) is 2.88. The van der Waals surface area contributed by atoms with Crippen molar-refractivity contribution >= 4 is 20.4 Å². The predicted octanol–water partition coefficient (Wildman–Crippen LogP) is 8.43. The summed E-state index contributed by atoms with van der Waals surface area (Å²) in [5, 5.41) is 0. The molecule has 0 heterocycles. The Hall–Kier alpha value is -3.07. The van der Waals surface area contributed by atoms with Gasteiger partial charge in [-0.05, 0) is 76.4 Å². The molecule has 188 valence electrons. The Balaban J connectivity index is 1.97. The molecular formula is C28H25F3O3S2. The molecular weight excluding hydrogens is 505 g/mol. The second-order valence-electron chi connectivity index (χ2n) is 8.45. The maximum atomic E-state index is 13.7. The van der Waals surface area contributed by atoms with Crippen molar-refractivity contribution in [3.8, 4) is 0 Å². The van der Waals surface area contributed by atoms with Crippen molar-refractivity contribution in [2.45, 2.75) is 45.5 Å². The van der Waals surface area contributed by atoms with Gasteiger partial charge in [-0.3, -0.25) is 0 Å². The molecule has 4 aromatic rings. The largest absolute Gasteiger partial charge is 0.416 e. The van der Waals surface area contributed by atoms with Crippen LogP contribution in [0.1, 0.15) is 30.9 Å². The topological polar surface area (TPSA) is 43.4 Å². The lowest BCUT2D eigenvalue weighted by atomic mass is 10.0. The van der Waals surface area contributed by atoms with Gasteiger partial charge in [-0.15, -0.1) is 0 Å². The summed E-state index contributed by atoms with van der Waals surface area (Å²) in [7, 11) is -7.53. The molecule has 0 N–H and O–H groups in total. The van der Waals surface area contributed by atoms with Crippen LogP contribution in [0.25, 0.3) is 0 Å². The van der Waals surface area contributed by atoms with Crippen molar-refractivity contribution in [1.29, 1.82) is 0 Å². The maximum Gasteiger partial charge on any atom is 0.416 e. The highest BCUT2D eigenvalue weighted by atomic mass is 32.3. The van der Waals surface area contributed by atoms with Crippen molar-refractivity contribution < 1.29 is 25.2 Å². The number of halogens is 3. The van der Waals surface area contributed by atoms with E-state index in [1.807, 2.05) is 36.4 Å². The lowest BCUT2D eigenvalue weighted by Crippen LogP contribution is -2.15. The first kappa shape index (κ1) is 26.0. The molecule has 4 aromatic carbocycles. The zero-order valence-electron chi connectivity index (χ0n) is 19.6. The summed E-state index contributed by atoms with van der Waals surface area (Å²) in [6.07, 6.45) is -4.69. The van der Waals surface area contributed by atoms with Crippen LogP contribution in [0.2, 0.25) is 0 Å². The minimum Gasteiger partial charge on any atom is -0.203 e. The molecule has 0 aromatic heterocycles. The lowest BCUT2D eigenvalue weighted by Gasteiger charge is -2.39. The SMILES string of the molecule is CC(C)c1ccc(S(OS(=O)(=O)c2cccc(C(F)(F)F)c2)(c2ccccc2)c2ccccc2)cc1. The van der Waals surface area contributed by atoms with E-state index in [0.717, 1.165) is 23.8 Å². The van der Waals surface area contributed by atoms with Crippen LogP contribution in [-0.2, 0) is 19.9 Å². The molecule has 0 amide bonds. The highest BCUT2D eigenvalue weighted by molar-refractivity contribution is 8.33. The lowest BCUT2D eigenvalue weighted by molar-refractivity contribution is -0.137. The zero-order chi connectivity index (χ0) is 26.0. The average molecular weight is 531 g/mol. The molecule has 0 spiro atoms. The number of benzene rings is 4. The van der Waals surface area contributed by atoms with Crippen LogP contribution < -0.4 is 0 Å². The van der Waals surface area contributed by atoms with Gasteiger partial charge in [-0.1, -0.05) is 68.4 Å². The molecule has 3 nitrogen and oxygen atoms in total. The predicted molar refractivity (Wildman–Crippen MR) is 136 cm³/mol. The molecule has 0 fully saturated rings. The molecule has 0 aliphatic carbocycles. The Kier molecular flexibility index (Phi) is 7.31. The first-order chi connectivity index (χ1) is 17.0. The Morgan fingerprint density at radius 3 is 1.58 bits per heavy atom. The highest BCUT2D eigenvalue weighted by Gasteiger charge is 2.39. The molecule has 8 heteroatoms. The second-order valence-corrected chi connectivity index (χ2v) is 12.9. The van der Waals surface area contributed by atoms with Crippen LogP contribution in [0, 0.1) is 0 Å². The summed E-state index contributed by atoms with van der Waals surface area (Å²) in [6.45, 7) is 4.11. The number of alkyl halides is 3. The number of rotatable bonds is 7. The molecule has 0 saturated carbocycles. The zero-order valence-corrected chi connectivity index (χ0v) is 21.3. The van der Waals surface area contributed by atoms with Gasteiger partial charge in [0, 0.05) is 14.7 Å². The first-order valence-corrected chi connectivity index (χ1v) is 14.2. The third-order valence-corrected chi connectivity index (χ3v) is 10.8. The summed E-state index contributed by atoms with van der Waals surface area (Å²) in [5.41, 5.74) is 0.00222. The summed E-state index contributed by atoms with van der Waals surface area (Å²) in [5.74, 6) is 0.256. The van der Waals surface area contributed by atoms with E-state index >= 15 is 0 Å². The molecule has 0 bridgehead atoms. The fourth-order valence-electron chi connectivity index (χ4n) is 3.80. The fraction of sp³-hybridized carbons (Fsp3) is 0.143. The smallest absolute Gasteiger partial charge is 0.203 e. The van der Waals surface area contributed by atoms with Crippen LogP contribution in [0.15, 0.2) is 129 Å². The molecule has 4 rings (SSSR count). The van der Waals surface area contributed by atoms with Gasteiger partial charge in [0.25, 0.3) is 0 Å². The van der Waals surface area contributed by atoms with Crippen LogP contribution in [0.4, 0.5) is 13.2 Å². The summed E-state index contributed by atoms with van der Waals surface area (Å²) in [6, 6.07) is 29.0. The molecule has 0 atom stereocenters. The van der Waals surface area contributed by atoms with Crippen LogP contribution in [0.3, 0.4) is 0 Å². The Labute approximate surface area is 211 Å². The van der Waals surface area contributed by atoms with Gasteiger partial charge in [0.15, 0.2) is 0 Å². The van der Waals surface area contributed by atoms with Gasteiger partial charge in [-0.25, -0.2) is 3.63 Å². The molecule has 0 unspecified atom stereocenters. The Morgan fingerprint density at radius 1 is 0.639 bits per heavy atom. The monoisotopic (exact) mass is 530 g/mol. The van der Waals surface area contributed by atoms with Gasteiger partial charge < -0.3 is 0 Å². The van der Waals surface area contributed by atoms with Gasteiger partial charge in [0.2, 0.25) is 0 Å². The molecule has 0 radical (unpaired) electrons. The highest BCUT2D eigenvalue weighted by Crippen LogP contribution is 2.70. The van der Waals surface area contributed by atoms with Crippen molar-refractivity contribution in [2.75, 3.05) is 0 Å². The van der Waals surface area contributed by atoms with E-state index in [1.165, 1.54) is 0 Å². The van der Waals surface area contributed by atoms with E-state index in [1.54, 1.807) is 48.5 Å². The second kappa shape index (κ2) is 10.1. The standard InChI is InChI=1S/C28H25F3O3S2/c1-21(2)22-16-18-26(19-17-22)35(24-11-5-3-6-12-24,25-13-7-4-8-14-25)34-36(32,33)27-15-9-10-23(20-27)28(29,30)31/h3-21H,1-2H3. The van der Waals surface area contributed by atoms with Crippen LogP contribution >= 0.6 is 10.3 Å². The van der Waals surface area contributed by atoms with Crippen molar-refractivity contribution in [1.82, 2.24) is 0 Å². The molecule has 0 aliphatic rings. The van der Waals surface area contributed by atoms with E-state index in [0.29, 0.717) is 20.8 Å². The van der Waals surface area contributed by atoms with Crippen molar-refractivity contribution in [3.63, 3.8) is 0 Å². The number of hydrogen-bond acceptors (Lipinski definition) is 3. The molecule has 0 saturated heterocycles. The molecule has 0 aliphatic heterocycles. The van der Waals surface area contributed by atoms with Crippen LogP contribution in [-0.4, -0.2) is 8.42 Å². The van der Waals surface area contributed by atoms with Gasteiger partial charge >= 0.3 is 16.3 Å². The fourth-order valence-corrected chi connectivity index (χ4v) is 9.06. The van der Waals surface area contributed by atoms with E-state index in [9.17, 15) is 21.6 Å². The maximum absolute atomic E-state index is 13.7. The summed E-state index contributed by atoms with van der Waals surface area (Å²) in [4.78, 5) is 1.26.